The summed E-state index contributed by atoms with van der Waals surface area (Å²) in [5.74, 6) is 0.961. The highest BCUT2D eigenvalue weighted by Gasteiger charge is 2.11. The molecule has 0 spiro atoms. The van der Waals surface area contributed by atoms with Crippen molar-refractivity contribution in [3.63, 3.8) is 0 Å². The first-order valence-corrected chi connectivity index (χ1v) is 7.04. The average Bonchev–Trinajstić information content (AvgIpc) is 2.38. The summed E-state index contributed by atoms with van der Waals surface area (Å²) in [5, 5.41) is 3.56. The van der Waals surface area contributed by atoms with Gasteiger partial charge in [-0.3, -0.25) is 0 Å². The van der Waals surface area contributed by atoms with Crippen LogP contribution in [0.3, 0.4) is 0 Å². The summed E-state index contributed by atoms with van der Waals surface area (Å²) >= 11 is 0. The molecule has 0 aliphatic carbocycles. The molecule has 0 aromatic heterocycles. The number of nitrogens with one attached hydrogen (secondary N) is 1. The number of hydrogen-bond acceptors (Lipinski definition) is 3. The Balaban J connectivity index is 2.58. The molecule has 108 valence electrons. The van der Waals surface area contributed by atoms with E-state index in [1.54, 1.807) is 7.11 Å². The lowest BCUT2D eigenvalue weighted by Gasteiger charge is -2.23. The van der Waals surface area contributed by atoms with E-state index < -0.39 is 0 Å². The van der Waals surface area contributed by atoms with E-state index >= 15 is 0 Å². The second-order valence-corrected chi connectivity index (χ2v) is 5.50. The van der Waals surface area contributed by atoms with Crippen molar-refractivity contribution in [1.29, 1.82) is 0 Å². The third-order valence-corrected chi connectivity index (χ3v) is 3.65. The summed E-state index contributed by atoms with van der Waals surface area (Å²) in [4.78, 5) is 2.34. The summed E-state index contributed by atoms with van der Waals surface area (Å²) in [6, 6.07) is 7.22. The van der Waals surface area contributed by atoms with Crippen LogP contribution >= 0.6 is 0 Å². The largest absolute Gasteiger partial charge is 0.496 e. The fourth-order valence-electron chi connectivity index (χ4n) is 2.02. The van der Waals surface area contributed by atoms with E-state index in [1.165, 1.54) is 11.1 Å². The van der Waals surface area contributed by atoms with Gasteiger partial charge >= 0.3 is 0 Å². The second-order valence-electron chi connectivity index (χ2n) is 5.50. The van der Waals surface area contributed by atoms with E-state index in [2.05, 4.69) is 57.1 Å². The molecule has 1 rings (SSSR count). The van der Waals surface area contributed by atoms with Gasteiger partial charge in [0.25, 0.3) is 0 Å². The molecule has 1 aromatic rings. The van der Waals surface area contributed by atoms with Gasteiger partial charge in [-0.2, -0.15) is 0 Å². The maximum atomic E-state index is 5.44. The fraction of sp³-hybridized carbons (Fsp3) is 0.625. The van der Waals surface area contributed by atoms with Crippen LogP contribution in [0.5, 0.6) is 5.75 Å². The monoisotopic (exact) mass is 264 g/mol. The SMILES string of the molecule is COc1ccc(C)cc1C(C)NCCN(C)C(C)C. The number of rotatable bonds is 7. The molecule has 0 aliphatic rings. The van der Waals surface area contributed by atoms with Crippen molar-refractivity contribution in [2.24, 2.45) is 0 Å². The van der Waals surface area contributed by atoms with E-state index in [-0.39, 0.29) is 0 Å². The summed E-state index contributed by atoms with van der Waals surface area (Å²) < 4.78 is 5.44. The molecule has 0 heterocycles. The molecule has 0 amide bonds. The van der Waals surface area contributed by atoms with Gasteiger partial charge in [0.05, 0.1) is 7.11 Å². The molecule has 1 N–H and O–H groups in total. The highest BCUT2D eigenvalue weighted by Crippen LogP contribution is 2.25. The van der Waals surface area contributed by atoms with Gasteiger partial charge in [-0.15, -0.1) is 0 Å². The Bertz CT molecular complexity index is 390. The van der Waals surface area contributed by atoms with E-state index in [9.17, 15) is 0 Å². The maximum absolute atomic E-state index is 5.44. The topological polar surface area (TPSA) is 24.5 Å². The molecule has 3 nitrogen and oxygen atoms in total. The van der Waals surface area contributed by atoms with Crippen molar-refractivity contribution >= 4 is 0 Å². The van der Waals surface area contributed by atoms with Crippen molar-refractivity contribution < 1.29 is 4.74 Å². The Kier molecular flexibility index (Phi) is 6.32. The number of nitrogens with zero attached hydrogens (tertiary/aromatic N) is 1. The zero-order valence-electron chi connectivity index (χ0n) is 13.2. The van der Waals surface area contributed by atoms with Crippen molar-refractivity contribution in [2.45, 2.75) is 39.8 Å². The van der Waals surface area contributed by atoms with Crippen LogP contribution in [0.2, 0.25) is 0 Å². The third kappa shape index (κ3) is 4.84. The van der Waals surface area contributed by atoms with Crippen molar-refractivity contribution in [3.05, 3.63) is 29.3 Å². The second kappa shape index (κ2) is 7.51. The van der Waals surface area contributed by atoms with Gasteiger partial charge in [-0.05, 0) is 40.8 Å². The highest BCUT2D eigenvalue weighted by molar-refractivity contribution is 5.38. The van der Waals surface area contributed by atoms with Gasteiger partial charge < -0.3 is 15.0 Å². The number of benzene rings is 1. The number of ether oxygens (including phenoxy) is 1. The fourth-order valence-corrected chi connectivity index (χ4v) is 2.02. The summed E-state index contributed by atoms with van der Waals surface area (Å²) in [6.07, 6.45) is 0. The lowest BCUT2D eigenvalue weighted by atomic mass is 10.0. The lowest BCUT2D eigenvalue weighted by molar-refractivity contribution is 0.269. The number of aryl methyl sites for hydroxylation is 1. The van der Waals surface area contributed by atoms with Gasteiger partial charge in [0.15, 0.2) is 0 Å². The Labute approximate surface area is 118 Å². The van der Waals surface area contributed by atoms with E-state index in [4.69, 9.17) is 4.74 Å². The molecule has 0 saturated heterocycles. The minimum Gasteiger partial charge on any atom is -0.496 e. The molecule has 3 heteroatoms. The first-order chi connectivity index (χ1) is 8.95. The van der Waals surface area contributed by atoms with Crippen molar-refractivity contribution in [1.82, 2.24) is 10.2 Å². The van der Waals surface area contributed by atoms with Gasteiger partial charge in [-0.1, -0.05) is 17.7 Å². The smallest absolute Gasteiger partial charge is 0.123 e. The van der Waals surface area contributed by atoms with E-state index in [0.717, 1.165) is 18.8 Å². The first-order valence-electron chi connectivity index (χ1n) is 7.04. The Hall–Kier alpha value is -1.06. The Morgan fingerprint density at radius 1 is 1.26 bits per heavy atom. The average molecular weight is 264 g/mol. The number of methoxy groups -OCH3 is 1. The summed E-state index contributed by atoms with van der Waals surface area (Å²) in [5.41, 5.74) is 2.50. The Morgan fingerprint density at radius 3 is 2.53 bits per heavy atom. The van der Waals surface area contributed by atoms with E-state index in [0.29, 0.717) is 12.1 Å². The van der Waals surface area contributed by atoms with Crippen LogP contribution in [-0.4, -0.2) is 38.2 Å². The zero-order valence-corrected chi connectivity index (χ0v) is 13.2. The van der Waals surface area contributed by atoms with Crippen LogP contribution in [0, 0.1) is 6.92 Å². The van der Waals surface area contributed by atoms with Crippen LogP contribution in [0.1, 0.15) is 37.9 Å². The normalized spacial score (nSPS) is 13.1. The standard InChI is InChI=1S/C16H28N2O/c1-12(2)18(5)10-9-17-14(4)15-11-13(3)7-8-16(15)19-6/h7-8,11-12,14,17H,9-10H2,1-6H3. The molecule has 1 unspecified atom stereocenters. The van der Waals surface area contributed by atoms with Crippen molar-refractivity contribution in [3.8, 4) is 5.75 Å². The first kappa shape index (κ1) is 16.0. The minimum absolute atomic E-state index is 0.301. The zero-order chi connectivity index (χ0) is 14.4. The molecular formula is C16H28N2O. The van der Waals surface area contributed by atoms with Crippen LogP contribution in [0.25, 0.3) is 0 Å². The number of likely N-dealkylation sites (N-methyl/N-ethyl adjacent to an activating group) is 1. The van der Waals surface area contributed by atoms with Gasteiger partial charge in [0, 0.05) is 30.7 Å². The minimum atomic E-state index is 0.301. The predicted octanol–water partition coefficient (Wildman–Crippen LogP) is 2.99. The lowest BCUT2D eigenvalue weighted by Crippen LogP contribution is -2.34. The molecular weight excluding hydrogens is 236 g/mol. The molecule has 0 radical (unpaired) electrons. The molecule has 1 atom stereocenters. The van der Waals surface area contributed by atoms with Gasteiger partial charge in [-0.25, -0.2) is 0 Å². The maximum Gasteiger partial charge on any atom is 0.123 e. The van der Waals surface area contributed by atoms with Crippen LogP contribution in [0.4, 0.5) is 0 Å². The van der Waals surface area contributed by atoms with Crippen LogP contribution < -0.4 is 10.1 Å². The highest BCUT2D eigenvalue weighted by atomic mass is 16.5. The van der Waals surface area contributed by atoms with Crippen LogP contribution in [-0.2, 0) is 0 Å². The quantitative estimate of drug-likeness (QED) is 0.819. The molecule has 0 fully saturated rings. The number of hydrogen-bond donors (Lipinski definition) is 1. The summed E-state index contributed by atoms with van der Waals surface area (Å²) in [6.45, 7) is 10.8. The molecule has 1 aromatic carbocycles. The van der Waals surface area contributed by atoms with Gasteiger partial charge in [0.2, 0.25) is 0 Å². The molecule has 0 saturated carbocycles. The molecule has 19 heavy (non-hydrogen) atoms. The molecule has 0 bridgehead atoms. The van der Waals surface area contributed by atoms with Crippen LogP contribution in [0.15, 0.2) is 18.2 Å². The third-order valence-electron chi connectivity index (χ3n) is 3.65. The van der Waals surface area contributed by atoms with Gasteiger partial charge in [0.1, 0.15) is 5.75 Å². The van der Waals surface area contributed by atoms with E-state index in [1.807, 2.05) is 6.07 Å². The summed E-state index contributed by atoms with van der Waals surface area (Å²) in [7, 11) is 3.89. The Morgan fingerprint density at radius 2 is 1.95 bits per heavy atom. The molecule has 0 aliphatic heterocycles. The predicted molar refractivity (Wildman–Crippen MR) is 81.9 cm³/mol. The van der Waals surface area contributed by atoms with Crippen molar-refractivity contribution in [2.75, 3.05) is 27.2 Å².